The number of aliphatic hydroxyl groups excluding tert-OH is 1. The highest BCUT2D eigenvalue weighted by molar-refractivity contribution is 5.87. The predicted molar refractivity (Wildman–Crippen MR) is 101 cm³/mol. The van der Waals surface area contributed by atoms with E-state index < -0.39 is 6.10 Å². The number of carbonyl (C=O) groups is 1. The van der Waals surface area contributed by atoms with Crippen LogP contribution in [0.25, 0.3) is 0 Å². The van der Waals surface area contributed by atoms with Crippen LogP contribution >= 0.6 is 0 Å². The molecule has 4 heteroatoms. The third kappa shape index (κ3) is 5.33. The van der Waals surface area contributed by atoms with Crippen LogP contribution in [0, 0.1) is 5.41 Å². The summed E-state index contributed by atoms with van der Waals surface area (Å²) in [7, 11) is 0. The molecule has 2 rings (SSSR count). The fraction of sp³-hybridized carbons (Fsp3) is 0.381. The Morgan fingerprint density at radius 3 is 2.56 bits per heavy atom. The van der Waals surface area contributed by atoms with Gasteiger partial charge < -0.3 is 14.6 Å². The second kappa shape index (κ2) is 8.17. The molecule has 0 spiro atoms. The van der Waals surface area contributed by atoms with Crippen molar-refractivity contribution < 1.29 is 9.90 Å². The van der Waals surface area contributed by atoms with E-state index in [1.807, 2.05) is 44.3 Å². The van der Waals surface area contributed by atoms with Crippen LogP contribution in [0.2, 0.25) is 0 Å². The van der Waals surface area contributed by atoms with Crippen molar-refractivity contribution in [2.75, 3.05) is 6.54 Å². The molecule has 0 aliphatic carbocycles. The average Bonchev–Trinajstić information content (AvgIpc) is 3.01. The molecule has 134 valence electrons. The molecule has 1 atom stereocenters. The van der Waals surface area contributed by atoms with Crippen molar-refractivity contribution in [1.29, 1.82) is 0 Å². The Morgan fingerprint density at radius 1 is 1.28 bits per heavy atom. The summed E-state index contributed by atoms with van der Waals surface area (Å²) in [6.45, 7) is 11.1. The number of aromatic nitrogens is 1. The minimum atomic E-state index is -0.504. The molecule has 0 saturated carbocycles. The summed E-state index contributed by atoms with van der Waals surface area (Å²) in [4.78, 5) is 14.0. The SMILES string of the molecule is C=CC(=O)N(Cc1ccn(Cc2ccccc2)c1)CC(C)(C)C(C)O. The number of hydrogen-bond acceptors (Lipinski definition) is 2. The maximum Gasteiger partial charge on any atom is 0.246 e. The van der Waals surface area contributed by atoms with Crippen molar-refractivity contribution in [3.8, 4) is 0 Å². The van der Waals surface area contributed by atoms with E-state index >= 15 is 0 Å². The number of rotatable bonds is 8. The fourth-order valence-corrected chi connectivity index (χ4v) is 2.66. The monoisotopic (exact) mass is 340 g/mol. The Labute approximate surface area is 150 Å². The molecular formula is C21H28N2O2. The number of benzene rings is 1. The summed E-state index contributed by atoms with van der Waals surface area (Å²) in [5.41, 5.74) is 1.91. The maximum atomic E-state index is 12.2. The Hall–Kier alpha value is -2.33. The Morgan fingerprint density at radius 2 is 1.96 bits per heavy atom. The minimum Gasteiger partial charge on any atom is -0.393 e. The molecular weight excluding hydrogens is 312 g/mol. The van der Waals surface area contributed by atoms with Gasteiger partial charge in [0.25, 0.3) is 0 Å². The molecule has 0 bridgehead atoms. The zero-order valence-electron chi connectivity index (χ0n) is 15.4. The van der Waals surface area contributed by atoms with Gasteiger partial charge in [0, 0.05) is 37.4 Å². The van der Waals surface area contributed by atoms with Crippen molar-refractivity contribution in [2.24, 2.45) is 5.41 Å². The summed E-state index contributed by atoms with van der Waals surface area (Å²) >= 11 is 0. The minimum absolute atomic E-state index is 0.121. The van der Waals surface area contributed by atoms with Crippen LogP contribution in [0.3, 0.4) is 0 Å². The topological polar surface area (TPSA) is 45.5 Å². The number of amides is 1. The zero-order valence-corrected chi connectivity index (χ0v) is 15.4. The second-order valence-electron chi connectivity index (χ2n) is 7.24. The highest BCUT2D eigenvalue weighted by Gasteiger charge is 2.28. The maximum absolute atomic E-state index is 12.2. The lowest BCUT2D eigenvalue weighted by Crippen LogP contribution is -2.42. The van der Waals surface area contributed by atoms with E-state index in [9.17, 15) is 9.90 Å². The van der Waals surface area contributed by atoms with Gasteiger partial charge in [-0.2, -0.15) is 0 Å². The molecule has 2 aromatic rings. The normalized spacial score (nSPS) is 12.6. The molecule has 1 unspecified atom stereocenters. The number of nitrogens with zero attached hydrogens (tertiary/aromatic N) is 2. The molecule has 1 heterocycles. The summed E-state index contributed by atoms with van der Waals surface area (Å²) in [6.07, 6.45) is 4.92. The lowest BCUT2D eigenvalue weighted by molar-refractivity contribution is -0.129. The van der Waals surface area contributed by atoms with Gasteiger partial charge in [-0.05, 0) is 30.2 Å². The van der Waals surface area contributed by atoms with Gasteiger partial charge in [0.1, 0.15) is 0 Å². The molecule has 1 aromatic carbocycles. The zero-order chi connectivity index (χ0) is 18.4. The quantitative estimate of drug-likeness (QED) is 0.748. The third-order valence-electron chi connectivity index (χ3n) is 4.61. The molecule has 0 fully saturated rings. The molecule has 0 saturated heterocycles. The van der Waals surface area contributed by atoms with Gasteiger partial charge in [-0.15, -0.1) is 0 Å². The summed E-state index contributed by atoms with van der Waals surface area (Å²) < 4.78 is 2.11. The molecule has 1 N–H and O–H groups in total. The number of aliphatic hydroxyl groups is 1. The van der Waals surface area contributed by atoms with Crippen molar-refractivity contribution in [3.63, 3.8) is 0 Å². The Kier molecular flexibility index (Phi) is 6.21. The summed E-state index contributed by atoms with van der Waals surface area (Å²) in [5, 5.41) is 9.95. The van der Waals surface area contributed by atoms with E-state index in [1.54, 1.807) is 11.8 Å². The molecule has 4 nitrogen and oxygen atoms in total. The van der Waals surface area contributed by atoms with Gasteiger partial charge in [0.05, 0.1) is 6.10 Å². The largest absolute Gasteiger partial charge is 0.393 e. The van der Waals surface area contributed by atoms with Crippen LogP contribution in [0.1, 0.15) is 31.9 Å². The fourth-order valence-electron chi connectivity index (χ4n) is 2.66. The lowest BCUT2D eigenvalue weighted by Gasteiger charge is -2.34. The standard InChI is InChI=1S/C21H28N2O2/c1-5-20(25)23(16-21(3,4)17(2)24)15-19-11-12-22(14-19)13-18-9-7-6-8-10-18/h5-12,14,17,24H,1,13,15-16H2,2-4H3. The molecule has 25 heavy (non-hydrogen) atoms. The second-order valence-corrected chi connectivity index (χ2v) is 7.24. The van der Waals surface area contributed by atoms with E-state index in [2.05, 4.69) is 29.5 Å². The smallest absolute Gasteiger partial charge is 0.246 e. The van der Waals surface area contributed by atoms with E-state index in [0.29, 0.717) is 13.1 Å². The van der Waals surface area contributed by atoms with Gasteiger partial charge >= 0.3 is 0 Å². The summed E-state index contributed by atoms with van der Waals surface area (Å²) in [5.74, 6) is -0.121. The van der Waals surface area contributed by atoms with Crippen molar-refractivity contribution in [3.05, 3.63) is 72.6 Å². The van der Waals surface area contributed by atoms with Crippen molar-refractivity contribution in [1.82, 2.24) is 9.47 Å². The van der Waals surface area contributed by atoms with Gasteiger partial charge in [-0.25, -0.2) is 0 Å². The average molecular weight is 340 g/mol. The van der Waals surface area contributed by atoms with Crippen LogP contribution in [0.4, 0.5) is 0 Å². The number of hydrogen-bond donors (Lipinski definition) is 1. The van der Waals surface area contributed by atoms with Gasteiger partial charge in [0.2, 0.25) is 5.91 Å². The molecule has 0 aliphatic rings. The van der Waals surface area contributed by atoms with Crippen molar-refractivity contribution in [2.45, 2.75) is 40.0 Å². The van der Waals surface area contributed by atoms with E-state index in [1.165, 1.54) is 11.6 Å². The predicted octanol–water partition coefficient (Wildman–Crippen LogP) is 3.46. The van der Waals surface area contributed by atoms with Crippen LogP contribution < -0.4 is 0 Å². The van der Waals surface area contributed by atoms with E-state index in [-0.39, 0.29) is 11.3 Å². The lowest BCUT2D eigenvalue weighted by atomic mass is 9.86. The van der Waals surface area contributed by atoms with Crippen LogP contribution in [-0.2, 0) is 17.9 Å². The molecule has 1 amide bonds. The first-order valence-corrected chi connectivity index (χ1v) is 8.60. The molecule has 1 aromatic heterocycles. The summed E-state index contributed by atoms with van der Waals surface area (Å²) in [6, 6.07) is 12.3. The highest BCUT2D eigenvalue weighted by atomic mass is 16.3. The van der Waals surface area contributed by atoms with Gasteiger partial charge in [-0.3, -0.25) is 4.79 Å². The van der Waals surface area contributed by atoms with Crippen LogP contribution in [-0.4, -0.2) is 33.1 Å². The van der Waals surface area contributed by atoms with Crippen molar-refractivity contribution >= 4 is 5.91 Å². The van der Waals surface area contributed by atoms with Crippen LogP contribution in [0.5, 0.6) is 0 Å². The first-order valence-electron chi connectivity index (χ1n) is 8.60. The van der Waals surface area contributed by atoms with Crippen LogP contribution in [0.15, 0.2) is 61.4 Å². The van der Waals surface area contributed by atoms with E-state index in [4.69, 9.17) is 0 Å². The van der Waals surface area contributed by atoms with Gasteiger partial charge in [0.15, 0.2) is 0 Å². The Balaban J connectivity index is 2.09. The number of carbonyl (C=O) groups excluding carboxylic acids is 1. The first kappa shape index (κ1) is 19.0. The van der Waals surface area contributed by atoms with E-state index in [0.717, 1.165) is 12.1 Å². The van der Waals surface area contributed by atoms with Gasteiger partial charge in [-0.1, -0.05) is 50.8 Å². The Bertz CT molecular complexity index is 702. The third-order valence-corrected chi connectivity index (χ3v) is 4.61. The highest BCUT2D eigenvalue weighted by Crippen LogP contribution is 2.23. The molecule has 0 aliphatic heterocycles. The first-order chi connectivity index (χ1) is 11.8. The molecule has 0 radical (unpaired) electrons.